The van der Waals surface area contributed by atoms with Crippen molar-refractivity contribution in [1.82, 2.24) is 15.1 Å². The number of aryl methyl sites for hydroxylation is 1. The highest BCUT2D eigenvalue weighted by Crippen LogP contribution is 2.24. The lowest BCUT2D eigenvalue weighted by molar-refractivity contribution is 0.0907. The molecule has 0 spiro atoms. The van der Waals surface area contributed by atoms with E-state index in [0.717, 1.165) is 18.0 Å². The molecule has 1 amide bonds. The Kier molecular flexibility index (Phi) is 6.11. The third kappa shape index (κ3) is 5.28. The maximum Gasteiger partial charge on any atom is 0.287 e. The molecule has 0 radical (unpaired) electrons. The Morgan fingerprint density at radius 3 is 2.52 bits per heavy atom. The maximum atomic E-state index is 12.4. The van der Waals surface area contributed by atoms with Crippen LogP contribution in [0, 0.1) is 0 Å². The zero-order valence-electron chi connectivity index (χ0n) is 17.7. The van der Waals surface area contributed by atoms with Crippen LogP contribution >= 0.6 is 0 Å². The van der Waals surface area contributed by atoms with E-state index >= 15 is 0 Å². The molecule has 1 atom stereocenters. The van der Waals surface area contributed by atoms with Gasteiger partial charge in [-0.25, -0.2) is 0 Å². The van der Waals surface area contributed by atoms with Gasteiger partial charge >= 0.3 is 0 Å². The fourth-order valence-corrected chi connectivity index (χ4v) is 2.91. The van der Waals surface area contributed by atoms with E-state index in [9.17, 15) is 4.79 Å². The molecule has 0 bridgehead atoms. The van der Waals surface area contributed by atoms with Gasteiger partial charge in [0, 0.05) is 12.7 Å². The number of hydrogen-bond donors (Lipinski definition) is 1. The van der Waals surface area contributed by atoms with Crippen LogP contribution in [-0.4, -0.2) is 15.7 Å². The van der Waals surface area contributed by atoms with E-state index in [1.165, 1.54) is 5.56 Å². The van der Waals surface area contributed by atoms with E-state index in [1.54, 1.807) is 12.1 Å². The number of carbonyl (C=O) groups is 1. The Labute approximate surface area is 171 Å². The second-order valence-electron chi connectivity index (χ2n) is 8.12. The molecule has 6 heteroatoms. The molecule has 29 heavy (non-hydrogen) atoms. The van der Waals surface area contributed by atoms with Crippen molar-refractivity contribution in [3.63, 3.8) is 0 Å². The van der Waals surface area contributed by atoms with Gasteiger partial charge in [-0.3, -0.25) is 9.48 Å². The number of amides is 1. The van der Waals surface area contributed by atoms with E-state index in [4.69, 9.17) is 9.15 Å². The summed E-state index contributed by atoms with van der Waals surface area (Å²) in [6.45, 7) is 11.5. The van der Waals surface area contributed by atoms with E-state index in [2.05, 4.69) is 43.3 Å². The highest BCUT2D eigenvalue weighted by Gasteiger charge is 2.17. The number of rotatable bonds is 7. The van der Waals surface area contributed by atoms with Crippen molar-refractivity contribution in [2.24, 2.45) is 0 Å². The van der Waals surface area contributed by atoms with Gasteiger partial charge in [0.1, 0.15) is 18.1 Å². The van der Waals surface area contributed by atoms with Gasteiger partial charge in [0.05, 0.1) is 11.7 Å². The molecule has 0 aliphatic carbocycles. The Morgan fingerprint density at radius 2 is 1.90 bits per heavy atom. The number of hydrogen-bond acceptors (Lipinski definition) is 4. The molecular weight excluding hydrogens is 366 g/mol. The van der Waals surface area contributed by atoms with Crippen LogP contribution < -0.4 is 10.1 Å². The first kappa shape index (κ1) is 20.7. The summed E-state index contributed by atoms with van der Waals surface area (Å²) in [5.41, 5.74) is 2.17. The molecule has 0 aliphatic rings. The summed E-state index contributed by atoms with van der Waals surface area (Å²) in [6, 6.07) is 13.2. The van der Waals surface area contributed by atoms with Crippen LogP contribution in [0.25, 0.3) is 0 Å². The van der Waals surface area contributed by atoms with Crippen molar-refractivity contribution in [1.29, 1.82) is 0 Å². The van der Waals surface area contributed by atoms with Gasteiger partial charge in [-0.2, -0.15) is 5.10 Å². The summed E-state index contributed by atoms with van der Waals surface area (Å²) in [5.74, 6) is 1.34. The fraction of sp³-hybridized carbons (Fsp3) is 0.391. The van der Waals surface area contributed by atoms with Crippen molar-refractivity contribution in [3.8, 4) is 5.75 Å². The summed E-state index contributed by atoms with van der Waals surface area (Å²) < 4.78 is 13.3. The highest BCUT2D eigenvalue weighted by molar-refractivity contribution is 5.91. The molecule has 0 saturated heterocycles. The van der Waals surface area contributed by atoms with Crippen molar-refractivity contribution < 1.29 is 13.9 Å². The average Bonchev–Trinajstić information content (AvgIpc) is 3.35. The molecule has 1 N–H and O–H groups in total. The van der Waals surface area contributed by atoms with Crippen molar-refractivity contribution in [2.75, 3.05) is 0 Å². The summed E-state index contributed by atoms with van der Waals surface area (Å²) in [4.78, 5) is 12.4. The maximum absolute atomic E-state index is 12.4. The number of aromatic nitrogens is 2. The molecule has 0 saturated carbocycles. The monoisotopic (exact) mass is 395 g/mol. The second-order valence-corrected chi connectivity index (χ2v) is 8.12. The van der Waals surface area contributed by atoms with Crippen LogP contribution in [0.1, 0.15) is 68.2 Å². The first-order chi connectivity index (χ1) is 13.8. The predicted octanol–water partition coefficient (Wildman–Crippen LogP) is 4.86. The fourth-order valence-electron chi connectivity index (χ4n) is 2.91. The normalized spacial score (nSPS) is 12.6. The summed E-state index contributed by atoms with van der Waals surface area (Å²) in [5, 5.41) is 7.32. The van der Waals surface area contributed by atoms with Crippen LogP contribution in [0.3, 0.4) is 0 Å². The van der Waals surface area contributed by atoms with Crippen molar-refractivity contribution in [2.45, 2.75) is 59.2 Å². The van der Waals surface area contributed by atoms with E-state index in [0.29, 0.717) is 5.76 Å². The quantitative estimate of drug-likeness (QED) is 0.620. The zero-order valence-corrected chi connectivity index (χ0v) is 17.7. The smallest absolute Gasteiger partial charge is 0.287 e. The minimum absolute atomic E-state index is 0.105. The van der Waals surface area contributed by atoms with Crippen LogP contribution in [0.5, 0.6) is 5.75 Å². The summed E-state index contributed by atoms with van der Waals surface area (Å²) >= 11 is 0. The standard InChI is InChI=1S/C23H29N3O3/c1-6-26-14-13-20(25-26)16(2)24-22(27)21-12-11-19(29-21)15-28-18-9-7-17(8-10-18)23(3,4)5/h7-14,16H,6,15H2,1-5H3,(H,24,27). The number of benzene rings is 1. The zero-order chi connectivity index (χ0) is 21.0. The first-order valence-corrected chi connectivity index (χ1v) is 9.92. The molecule has 1 unspecified atom stereocenters. The topological polar surface area (TPSA) is 69.3 Å². The van der Waals surface area contributed by atoms with Crippen LogP contribution in [0.15, 0.2) is 53.1 Å². The minimum Gasteiger partial charge on any atom is -0.486 e. The minimum atomic E-state index is -0.274. The first-order valence-electron chi connectivity index (χ1n) is 9.92. The Balaban J connectivity index is 1.55. The molecule has 0 aliphatic heterocycles. The largest absolute Gasteiger partial charge is 0.486 e. The number of carbonyl (C=O) groups excluding carboxylic acids is 1. The molecule has 6 nitrogen and oxygen atoms in total. The molecule has 2 heterocycles. The van der Waals surface area contributed by atoms with Crippen LogP contribution in [0.2, 0.25) is 0 Å². The Hall–Kier alpha value is -3.02. The lowest BCUT2D eigenvalue weighted by Gasteiger charge is -2.19. The Bertz CT molecular complexity index is 948. The van der Waals surface area contributed by atoms with Gasteiger partial charge < -0.3 is 14.5 Å². The molecule has 1 aromatic carbocycles. The highest BCUT2D eigenvalue weighted by atomic mass is 16.5. The third-order valence-corrected chi connectivity index (χ3v) is 4.76. The SMILES string of the molecule is CCn1ccc(C(C)NC(=O)c2ccc(COc3ccc(C(C)(C)C)cc3)o2)n1. The van der Waals surface area contributed by atoms with Gasteiger partial charge in [0.25, 0.3) is 5.91 Å². The molecular formula is C23H29N3O3. The van der Waals surface area contributed by atoms with E-state index < -0.39 is 0 Å². The Morgan fingerprint density at radius 1 is 1.17 bits per heavy atom. The molecule has 3 aromatic rings. The van der Waals surface area contributed by atoms with Gasteiger partial charge in [-0.15, -0.1) is 0 Å². The molecule has 154 valence electrons. The number of nitrogens with one attached hydrogen (secondary N) is 1. The average molecular weight is 396 g/mol. The van der Waals surface area contributed by atoms with Crippen LogP contribution in [-0.2, 0) is 18.6 Å². The summed E-state index contributed by atoms with van der Waals surface area (Å²) in [6.07, 6.45) is 1.90. The number of nitrogens with zero attached hydrogens (tertiary/aromatic N) is 2. The van der Waals surface area contributed by atoms with Crippen molar-refractivity contribution in [3.05, 3.63) is 71.4 Å². The number of ether oxygens (including phenoxy) is 1. The molecule has 0 fully saturated rings. The third-order valence-electron chi connectivity index (χ3n) is 4.76. The van der Waals surface area contributed by atoms with Crippen molar-refractivity contribution >= 4 is 5.91 Å². The van der Waals surface area contributed by atoms with Gasteiger partial charge in [-0.1, -0.05) is 32.9 Å². The lowest BCUT2D eigenvalue weighted by Crippen LogP contribution is -2.26. The summed E-state index contributed by atoms with van der Waals surface area (Å²) in [7, 11) is 0. The van der Waals surface area contributed by atoms with E-state index in [1.807, 2.05) is 42.9 Å². The van der Waals surface area contributed by atoms with Gasteiger partial charge in [0.15, 0.2) is 5.76 Å². The number of furan rings is 1. The second kappa shape index (κ2) is 8.55. The molecule has 3 rings (SSSR count). The van der Waals surface area contributed by atoms with E-state index in [-0.39, 0.29) is 29.7 Å². The van der Waals surface area contributed by atoms with Gasteiger partial charge in [0.2, 0.25) is 0 Å². The van der Waals surface area contributed by atoms with Crippen LogP contribution in [0.4, 0.5) is 0 Å². The lowest BCUT2D eigenvalue weighted by atomic mass is 9.87. The molecule has 2 aromatic heterocycles. The predicted molar refractivity (Wildman–Crippen MR) is 112 cm³/mol. The van der Waals surface area contributed by atoms with Gasteiger partial charge in [-0.05, 0) is 55.2 Å².